The molecule has 0 saturated carbocycles. The highest BCUT2D eigenvalue weighted by molar-refractivity contribution is 5.96. The van der Waals surface area contributed by atoms with E-state index < -0.39 is 0 Å². The molecule has 2 aliphatic rings. The summed E-state index contributed by atoms with van der Waals surface area (Å²) in [5.74, 6) is 0.125. The molecule has 2 aromatic rings. The molecule has 2 fully saturated rings. The van der Waals surface area contributed by atoms with Gasteiger partial charge in [-0.1, -0.05) is 18.6 Å². The normalized spacial score (nSPS) is 21.8. The van der Waals surface area contributed by atoms with E-state index in [1.54, 1.807) is 12.4 Å². The van der Waals surface area contributed by atoms with Crippen LogP contribution in [0.1, 0.15) is 36.5 Å². The molecule has 5 heteroatoms. The number of carbonyl (C=O) groups excluding carboxylic acids is 1. The molecule has 1 aromatic carbocycles. The van der Waals surface area contributed by atoms with Crippen molar-refractivity contribution in [3.05, 3.63) is 48.5 Å². The van der Waals surface area contributed by atoms with Crippen molar-refractivity contribution in [2.24, 2.45) is 0 Å². The van der Waals surface area contributed by atoms with Crippen LogP contribution in [0.25, 0.3) is 11.1 Å². The summed E-state index contributed by atoms with van der Waals surface area (Å²) in [6.07, 6.45) is 8.97. The van der Waals surface area contributed by atoms with Crippen molar-refractivity contribution in [1.82, 2.24) is 19.8 Å². The third-order valence-electron chi connectivity index (χ3n) is 5.48. The lowest BCUT2D eigenvalue weighted by molar-refractivity contribution is 0.00213. The first-order chi connectivity index (χ1) is 12.2. The fourth-order valence-electron chi connectivity index (χ4n) is 3.96. The van der Waals surface area contributed by atoms with Crippen LogP contribution in [0.4, 0.5) is 0 Å². The van der Waals surface area contributed by atoms with Crippen LogP contribution in [0.3, 0.4) is 0 Å². The first kappa shape index (κ1) is 16.2. The number of aromatic nitrogens is 2. The lowest BCUT2D eigenvalue weighted by Gasteiger charge is -2.49. The van der Waals surface area contributed by atoms with E-state index in [0.717, 1.165) is 29.8 Å². The summed E-state index contributed by atoms with van der Waals surface area (Å²) >= 11 is 0. The van der Waals surface area contributed by atoms with Gasteiger partial charge in [0.05, 0.1) is 0 Å². The van der Waals surface area contributed by atoms with E-state index in [1.807, 2.05) is 29.2 Å². The smallest absolute Gasteiger partial charge is 0.253 e. The Bertz CT molecular complexity index is 742. The number of hydrogen-bond donors (Lipinski definition) is 0. The Balaban J connectivity index is 1.43. The largest absolute Gasteiger partial charge is 0.335 e. The van der Waals surface area contributed by atoms with Crippen LogP contribution in [0.2, 0.25) is 0 Å². The highest BCUT2D eigenvalue weighted by Crippen LogP contribution is 2.26. The maximum absolute atomic E-state index is 12.8. The molecule has 0 radical (unpaired) electrons. The minimum atomic E-state index is 0.125. The van der Waals surface area contributed by atoms with Crippen LogP contribution in [-0.2, 0) is 0 Å². The summed E-state index contributed by atoms with van der Waals surface area (Å²) in [6, 6.07) is 8.94. The van der Waals surface area contributed by atoms with Crippen molar-refractivity contribution in [3.8, 4) is 11.1 Å². The Kier molecular flexibility index (Phi) is 4.49. The summed E-state index contributed by atoms with van der Waals surface area (Å²) in [5.41, 5.74) is 2.65. The van der Waals surface area contributed by atoms with Crippen LogP contribution in [0.5, 0.6) is 0 Å². The van der Waals surface area contributed by atoms with Gasteiger partial charge in [-0.25, -0.2) is 9.97 Å². The predicted octanol–water partition coefficient (Wildman–Crippen LogP) is 2.84. The van der Waals surface area contributed by atoms with Gasteiger partial charge >= 0.3 is 0 Å². The van der Waals surface area contributed by atoms with Gasteiger partial charge in [-0.2, -0.15) is 0 Å². The van der Waals surface area contributed by atoms with Crippen molar-refractivity contribution in [2.75, 3.05) is 19.6 Å². The van der Waals surface area contributed by atoms with Crippen LogP contribution < -0.4 is 0 Å². The monoisotopic (exact) mass is 336 g/mol. The minimum absolute atomic E-state index is 0.125. The van der Waals surface area contributed by atoms with E-state index in [2.05, 4.69) is 21.8 Å². The van der Waals surface area contributed by atoms with Gasteiger partial charge < -0.3 is 4.90 Å². The maximum Gasteiger partial charge on any atom is 0.253 e. The van der Waals surface area contributed by atoms with Gasteiger partial charge in [-0.05, 0) is 44.0 Å². The fourth-order valence-corrected chi connectivity index (χ4v) is 3.96. The van der Waals surface area contributed by atoms with Gasteiger partial charge in [-0.3, -0.25) is 9.69 Å². The van der Waals surface area contributed by atoms with E-state index in [0.29, 0.717) is 12.1 Å². The molecule has 1 aromatic heterocycles. The first-order valence-corrected chi connectivity index (χ1v) is 9.13. The van der Waals surface area contributed by atoms with Gasteiger partial charge in [0.15, 0.2) is 0 Å². The van der Waals surface area contributed by atoms with E-state index >= 15 is 0 Å². The molecule has 4 rings (SSSR count). The summed E-state index contributed by atoms with van der Waals surface area (Å²) < 4.78 is 0. The lowest BCUT2D eigenvalue weighted by Crippen LogP contribution is -2.63. The van der Waals surface area contributed by atoms with Crippen LogP contribution >= 0.6 is 0 Å². The first-order valence-electron chi connectivity index (χ1n) is 9.13. The van der Waals surface area contributed by atoms with Crippen LogP contribution in [-0.4, -0.2) is 57.4 Å². The standard InChI is InChI=1S/C20H24N4O/c1-15-5-2-3-8-24(15)19-12-23(13-19)20(25)17-7-4-6-16(9-17)18-10-21-14-22-11-18/h4,6-7,9-11,14-15,19H,2-3,5,8,12-13H2,1H3/t15-/m1/s1. The Morgan fingerprint density at radius 2 is 1.92 bits per heavy atom. The fraction of sp³-hybridized carbons (Fsp3) is 0.450. The summed E-state index contributed by atoms with van der Waals surface area (Å²) in [7, 11) is 0. The van der Waals surface area contributed by atoms with E-state index in [9.17, 15) is 4.79 Å². The Hall–Kier alpha value is -2.27. The molecular weight excluding hydrogens is 312 g/mol. The second kappa shape index (κ2) is 6.92. The number of hydrogen-bond acceptors (Lipinski definition) is 4. The third kappa shape index (κ3) is 3.29. The molecule has 130 valence electrons. The Morgan fingerprint density at radius 1 is 1.12 bits per heavy atom. The van der Waals surface area contributed by atoms with Crippen molar-refractivity contribution < 1.29 is 4.79 Å². The molecule has 0 bridgehead atoms. The zero-order chi connectivity index (χ0) is 17.2. The molecule has 2 saturated heterocycles. The molecular formula is C20H24N4O. The number of likely N-dealkylation sites (tertiary alicyclic amines) is 2. The van der Waals surface area contributed by atoms with Gasteiger partial charge in [0.25, 0.3) is 5.91 Å². The van der Waals surface area contributed by atoms with Crippen molar-refractivity contribution in [2.45, 2.75) is 38.3 Å². The summed E-state index contributed by atoms with van der Waals surface area (Å²) in [5, 5.41) is 0. The van der Waals surface area contributed by atoms with E-state index in [1.165, 1.54) is 32.1 Å². The molecule has 3 heterocycles. The molecule has 0 N–H and O–H groups in total. The van der Waals surface area contributed by atoms with E-state index in [4.69, 9.17) is 0 Å². The SMILES string of the molecule is C[C@@H]1CCCCN1C1CN(C(=O)c2cccc(-c3cncnc3)c2)C1. The predicted molar refractivity (Wildman–Crippen MR) is 97.2 cm³/mol. The number of nitrogens with zero attached hydrogens (tertiary/aromatic N) is 4. The van der Waals surface area contributed by atoms with Crippen molar-refractivity contribution in [1.29, 1.82) is 0 Å². The molecule has 2 aliphatic heterocycles. The van der Waals surface area contributed by atoms with Crippen LogP contribution in [0, 0.1) is 0 Å². The Labute approximate surface area is 148 Å². The molecule has 0 aliphatic carbocycles. The van der Waals surface area contributed by atoms with Gasteiger partial charge in [0, 0.05) is 48.7 Å². The highest BCUT2D eigenvalue weighted by Gasteiger charge is 2.37. The number of rotatable bonds is 3. The van der Waals surface area contributed by atoms with Gasteiger partial charge in [0.2, 0.25) is 0 Å². The topological polar surface area (TPSA) is 49.3 Å². The second-order valence-electron chi connectivity index (χ2n) is 7.15. The van der Waals surface area contributed by atoms with E-state index in [-0.39, 0.29) is 5.91 Å². The maximum atomic E-state index is 12.8. The second-order valence-corrected chi connectivity index (χ2v) is 7.15. The zero-order valence-electron chi connectivity index (χ0n) is 14.6. The number of piperidine rings is 1. The van der Waals surface area contributed by atoms with Crippen molar-refractivity contribution >= 4 is 5.91 Å². The number of carbonyl (C=O) groups is 1. The quantitative estimate of drug-likeness (QED) is 0.865. The third-order valence-corrected chi connectivity index (χ3v) is 5.48. The molecule has 0 unspecified atom stereocenters. The molecule has 1 amide bonds. The average molecular weight is 336 g/mol. The number of amides is 1. The number of benzene rings is 1. The van der Waals surface area contributed by atoms with Gasteiger partial charge in [-0.15, -0.1) is 0 Å². The molecule has 1 atom stereocenters. The molecule has 5 nitrogen and oxygen atoms in total. The van der Waals surface area contributed by atoms with Crippen molar-refractivity contribution in [3.63, 3.8) is 0 Å². The molecule has 25 heavy (non-hydrogen) atoms. The lowest BCUT2D eigenvalue weighted by atomic mass is 9.96. The summed E-state index contributed by atoms with van der Waals surface area (Å²) in [4.78, 5) is 25.5. The average Bonchev–Trinajstić information content (AvgIpc) is 2.63. The highest BCUT2D eigenvalue weighted by atomic mass is 16.2. The van der Waals surface area contributed by atoms with Crippen LogP contribution in [0.15, 0.2) is 43.0 Å². The summed E-state index contributed by atoms with van der Waals surface area (Å²) in [6.45, 7) is 5.19. The minimum Gasteiger partial charge on any atom is -0.335 e. The van der Waals surface area contributed by atoms with Gasteiger partial charge in [0.1, 0.15) is 6.33 Å². The molecule has 0 spiro atoms. The zero-order valence-corrected chi connectivity index (χ0v) is 14.6. The Morgan fingerprint density at radius 3 is 2.68 bits per heavy atom.